The van der Waals surface area contributed by atoms with E-state index in [1.54, 1.807) is 0 Å². The molecule has 74 valence electrons. The van der Waals surface area contributed by atoms with Crippen LogP contribution in [0.5, 0.6) is 0 Å². The predicted molar refractivity (Wildman–Crippen MR) is 58.4 cm³/mol. The second kappa shape index (κ2) is 3.26. The Labute approximate surface area is 87.3 Å². The topological polar surface area (TPSA) is 54.7 Å². The molecule has 2 rings (SSSR count). The third-order valence-corrected chi connectivity index (χ3v) is 2.70. The first-order valence-corrected chi connectivity index (χ1v) is 4.87. The second-order valence-corrected chi connectivity index (χ2v) is 3.89. The average molecular weight is 210 g/mol. The number of hydrogen-bond acceptors (Lipinski definition) is 2. The van der Waals surface area contributed by atoms with Gasteiger partial charge in [-0.15, -0.1) is 0 Å². The number of rotatable bonds is 1. The lowest BCUT2D eigenvalue weighted by molar-refractivity contribution is 0.760. The Hall–Kier alpha value is -1.06. The number of aromatic amines is 1. The van der Waals surface area contributed by atoms with Crippen LogP contribution in [0.1, 0.15) is 24.4 Å². The highest BCUT2D eigenvalue weighted by Crippen LogP contribution is 2.24. The van der Waals surface area contributed by atoms with E-state index >= 15 is 0 Å². The molecule has 0 saturated carbocycles. The zero-order valence-corrected chi connectivity index (χ0v) is 8.89. The number of H-pyrrole nitrogens is 1. The van der Waals surface area contributed by atoms with Crippen molar-refractivity contribution in [1.29, 1.82) is 0 Å². The minimum Gasteiger partial charge on any atom is -0.341 e. The minimum absolute atomic E-state index is 0.0828. The zero-order valence-electron chi connectivity index (χ0n) is 8.13. The lowest BCUT2D eigenvalue weighted by atomic mass is 10.2. The Morgan fingerprint density at radius 2 is 2.21 bits per heavy atom. The predicted octanol–water partition coefficient (Wildman–Crippen LogP) is 2.54. The van der Waals surface area contributed by atoms with E-state index in [2.05, 4.69) is 9.97 Å². The number of nitrogens with one attached hydrogen (secondary N) is 1. The van der Waals surface area contributed by atoms with Crippen molar-refractivity contribution < 1.29 is 0 Å². The molecule has 0 aliphatic heterocycles. The van der Waals surface area contributed by atoms with Gasteiger partial charge >= 0.3 is 0 Å². The SMILES string of the molecule is Cc1c(Cl)ccc2[nH]c([C@@H](C)N)nc12. The number of imidazole rings is 1. The number of benzene rings is 1. The summed E-state index contributed by atoms with van der Waals surface area (Å²) in [4.78, 5) is 7.58. The van der Waals surface area contributed by atoms with Gasteiger partial charge in [0.15, 0.2) is 0 Å². The molecule has 2 aromatic rings. The summed E-state index contributed by atoms with van der Waals surface area (Å²) < 4.78 is 0. The molecule has 1 aromatic heterocycles. The van der Waals surface area contributed by atoms with Crippen LogP contribution >= 0.6 is 11.6 Å². The van der Waals surface area contributed by atoms with Gasteiger partial charge in [0.25, 0.3) is 0 Å². The first-order chi connectivity index (χ1) is 6.59. The number of fused-ring (bicyclic) bond motifs is 1. The summed E-state index contributed by atoms with van der Waals surface area (Å²) in [7, 11) is 0. The van der Waals surface area contributed by atoms with Crippen molar-refractivity contribution >= 4 is 22.6 Å². The van der Waals surface area contributed by atoms with Gasteiger partial charge < -0.3 is 10.7 Å². The Morgan fingerprint density at radius 3 is 2.86 bits per heavy atom. The molecule has 3 nitrogen and oxygen atoms in total. The summed E-state index contributed by atoms with van der Waals surface area (Å²) in [6, 6.07) is 3.70. The fourth-order valence-electron chi connectivity index (χ4n) is 1.42. The molecule has 1 heterocycles. The van der Waals surface area contributed by atoms with Crippen molar-refractivity contribution in [3.05, 3.63) is 28.5 Å². The van der Waals surface area contributed by atoms with Gasteiger partial charge in [-0.3, -0.25) is 0 Å². The maximum Gasteiger partial charge on any atom is 0.123 e. The molecular weight excluding hydrogens is 198 g/mol. The van der Waals surface area contributed by atoms with E-state index < -0.39 is 0 Å². The van der Waals surface area contributed by atoms with E-state index in [9.17, 15) is 0 Å². The van der Waals surface area contributed by atoms with Crippen molar-refractivity contribution in [2.24, 2.45) is 5.73 Å². The Bertz CT molecular complexity index is 473. The highest BCUT2D eigenvalue weighted by Gasteiger charge is 2.09. The molecule has 0 amide bonds. The van der Waals surface area contributed by atoms with Crippen LogP contribution in [0.25, 0.3) is 11.0 Å². The van der Waals surface area contributed by atoms with Crippen molar-refractivity contribution in [1.82, 2.24) is 9.97 Å². The minimum atomic E-state index is -0.0828. The second-order valence-electron chi connectivity index (χ2n) is 3.48. The zero-order chi connectivity index (χ0) is 10.3. The van der Waals surface area contributed by atoms with Crippen molar-refractivity contribution in [3.8, 4) is 0 Å². The molecule has 0 saturated heterocycles. The smallest absolute Gasteiger partial charge is 0.123 e. The van der Waals surface area contributed by atoms with Gasteiger partial charge in [0.1, 0.15) is 5.82 Å². The molecular formula is C10H12ClN3. The van der Waals surface area contributed by atoms with Crippen LogP contribution in [0.2, 0.25) is 5.02 Å². The molecule has 1 atom stereocenters. The van der Waals surface area contributed by atoms with Crippen molar-refractivity contribution in [2.45, 2.75) is 19.9 Å². The summed E-state index contributed by atoms with van der Waals surface area (Å²) >= 11 is 5.99. The molecule has 0 spiro atoms. The molecule has 0 bridgehead atoms. The Balaban J connectivity index is 2.71. The van der Waals surface area contributed by atoms with Gasteiger partial charge in [0, 0.05) is 5.02 Å². The first-order valence-electron chi connectivity index (χ1n) is 4.50. The molecule has 4 heteroatoms. The first kappa shape index (κ1) is 9.49. The van der Waals surface area contributed by atoms with Gasteiger partial charge in [-0.05, 0) is 31.5 Å². The van der Waals surface area contributed by atoms with Crippen LogP contribution < -0.4 is 5.73 Å². The van der Waals surface area contributed by atoms with Crippen LogP contribution in [0.4, 0.5) is 0 Å². The average Bonchev–Trinajstić information content (AvgIpc) is 2.56. The van der Waals surface area contributed by atoms with Gasteiger partial charge in [-0.2, -0.15) is 0 Å². The summed E-state index contributed by atoms with van der Waals surface area (Å²) in [5.41, 5.74) is 8.62. The van der Waals surface area contributed by atoms with Crippen molar-refractivity contribution in [2.75, 3.05) is 0 Å². The molecule has 0 aliphatic carbocycles. The highest BCUT2D eigenvalue weighted by atomic mass is 35.5. The van der Waals surface area contributed by atoms with Crippen LogP contribution in [-0.2, 0) is 0 Å². The van der Waals surface area contributed by atoms with E-state index in [4.69, 9.17) is 17.3 Å². The van der Waals surface area contributed by atoms with E-state index in [-0.39, 0.29) is 6.04 Å². The highest BCUT2D eigenvalue weighted by molar-refractivity contribution is 6.32. The lowest BCUT2D eigenvalue weighted by Gasteiger charge is -1.96. The van der Waals surface area contributed by atoms with E-state index in [1.807, 2.05) is 26.0 Å². The number of nitrogens with two attached hydrogens (primary N) is 1. The molecule has 14 heavy (non-hydrogen) atoms. The normalized spacial score (nSPS) is 13.4. The van der Waals surface area contributed by atoms with Gasteiger partial charge in [0.2, 0.25) is 0 Å². The van der Waals surface area contributed by atoms with Crippen molar-refractivity contribution in [3.63, 3.8) is 0 Å². The van der Waals surface area contributed by atoms with Crippen LogP contribution in [0.15, 0.2) is 12.1 Å². The van der Waals surface area contributed by atoms with Gasteiger partial charge in [0.05, 0.1) is 17.1 Å². The lowest BCUT2D eigenvalue weighted by Crippen LogP contribution is -2.06. The Kier molecular flexibility index (Phi) is 2.21. The number of aryl methyl sites for hydroxylation is 1. The molecule has 3 N–H and O–H groups in total. The number of halogens is 1. The largest absolute Gasteiger partial charge is 0.341 e. The van der Waals surface area contributed by atoms with Crippen LogP contribution in [0, 0.1) is 6.92 Å². The maximum atomic E-state index is 5.99. The van der Waals surface area contributed by atoms with Crippen LogP contribution in [-0.4, -0.2) is 9.97 Å². The fourth-order valence-corrected chi connectivity index (χ4v) is 1.58. The monoisotopic (exact) mass is 209 g/mol. The molecule has 0 fully saturated rings. The summed E-state index contributed by atoms with van der Waals surface area (Å²) in [6.07, 6.45) is 0. The van der Waals surface area contributed by atoms with Gasteiger partial charge in [-0.1, -0.05) is 11.6 Å². The van der Waals surface area contributed by atoms with Crippen LogP contribution in [0.3, 0.4) is 0 Å². The standard InChI is InChI=1S/C10H12ClN3/c1-5-7(11)3-4-8-9(5)14-10(13-8)6(2)12/h3-4,6H,12H2,1-2H3,(H,13,14)/t6-/m1/s1. The quantitative estimate of drug-likeness (QED) is 0.759. The summed E-state index contributed by atoms with van der Waals surface area (Å²) in [5.74, 6) is 0.797. The van der Waals surface area contributed by atoms with E-state index in [0.29, 0.717) is 0 Å². The Morgan fingerprint density at radius 1 is 1.50 bits per heavy atom. The summed E-state index contributed by atoms with van der Waals surface area (Å²) in [6.45, 7) is 3.85. The van der Waals surface area contributed by atoms with E-state index in [0.717, 1.165) is 27.4 Å². The molecule has 0 aliphatic rings. The molecule has 0 radical (unpaired) electrons. The van der Waals surface area contributed by atoms with Gasteiger partial charge in [-0.25, -0.2) is 4.98 Å². The third-order valence-electron chi connectivity index (χ3n) is 2.29. The number of nitrogens with zero attached hydrogens (tertiary/aromatic N) is 1. The fraction of sp³-hybridized carbons (Fsp3) is 0.300. The summed E-state index contributed by atoms with van der Waals surface area (Å²) in [5, 5.41) is 0.736. The third kappa shape index (κ3) is 1.38. The molecule has 1 aromatic carbocycles. The molecule has 0 unspecified atom stereocenters. The number of hydrogen-bond donors (Lipinski definition) is 2. The maximum absolute atomic E-state index is 5.99. The van der Waals surface area contributed by atoms with E-state index in [1.165, 1.54) is 0 Å². The number of aromatic nitrogens is 2.